The number of halogens is 2. The third-order valence-electron chi connectivity index (χ3n) is 0.658. The van der Waals surface area contributed by atoms with Gasteiger partial charge in [-0.25, -0.2) is 0 Å². The first kappa shape index (κ1) is 8.63. The van der Waals surface area contributed by atoms with Crippen LogP contribution < -0.4 is 0 Å². The quantitative estimate of drug-likeness (QED) is 0.695. The van der Waals surface area contributed by atoms with Crippen LogP contribution in [0.5, 0.6) is 0 Å². The first-order chi connectivity index (χ1) is 3.66. The Labute approximate surface area is 66.1 Å². The lowest BCUT2D eigenvalue weighted by Gasteiger charge is -1.96. The van der Waals surface area contributed by atoms with Crippen LogP contribution in [-0.4, -0.2) is 15.9 Å². The monoisotopic (exact) mass is 242 g/mol. The Balaban J connectivity index is 3.25. The van der Waals surface area contributed by atoms with Crippen molar-refractivity contribution >= 4 is 37.6 Å². The molecule has 0 heterocycles. The number of alkyl halides is 2. The number of carbonyl (C=O) groups is 1. The summed E-state index contributed by atoms with van der Waals surface area (Å²) < 4.78 is 0. The van der Waals surface area contributed by atoms with Gasteiger partial charge in [-0.2, -0.15) is 0 Å². The Morgan fingerprint density at radius 3 is 2.38 bits per heavy atom. The third-order valence-corrected chi connectivity index (χ3v) is 1.61. The summed E-state index contributed by atoms with van der Waals surface area (Å²) in [4.78, 5) is 10.9. The topological polar surface area (TPSA) is 17.1 Å². The zero-order chi connectivity index (χ0) is 6.57. The molecule has 0 aliphatic carbocycles. The smallest absolute Gasteiger partial charge is 0.144 e. The molecule has 0 saturated heterocycles. The zero-order valence-corrected chi connectivity index (χ0v) is 7.83. The van der Waals surface area contributed by atoms with Crippen LogP contribution in [0, 0.1) is 0 Å². The van der Waals surface area contributed by atoms with Crippen molar-refractivity contribution in [2.75, 3.05) is 5.33 Å². The largest absolute Gasteiger partial charge is 0.299 e. The molecule has 0 N–H and O–H groups in total. The molecule has 48 valence electrons. The molecule has 1 unspecified atom stereocenters. The Morgan fingerprint density at radius 2 is 2.25 bits per heavy atom. The average molecular weight is 244 g/mol. The maximum Gasteiger partial charge on any atom is 0.144 e. The summed E-state index contributed by atoms with van der Waals surface area (Å²) in [5, 5.41) is 0.475. The fourth-order valence-corrected chi connectivity index (χ4v) is 0.958. The van der Waals surface area contributed by atoms with Crippen LogP contribution in [0.3, 0.4) is 0 Å². The summed E-state index contributed by atoms with van der Waals surface area (Å²) in [6.07, 6.45) is 0.616. The van der Waals surface area contributed by atoms with E-state index in [1.165, 1.54) is 0 Å². The van der Waals surface area contributed by atoms with E-state index in [0.717, 1.165) is 0 Å². The molecule has 8 heavy (non-hydrogen) atoms. The molecule has 0 aromatic carbocycles. The highest BCUT2D eigenvalue weighted by Gasteiger charge is 2.02. The van der Waals surface area contributed by atoms with Gasteiger partial charge in [0.15, 0.2) is 0 Å². The second kappa shape index (κ2) is 4.50. The number of carbonyl (C=O) groups excluding carboxylic acids is 1. The van der Waals surface area contributed by atoms with Gasteiger partial charge in [-0.1, -0.05) is 38.8 Å². The summed E-state index contributed by atoms with van der Waals surface area (Å²) in [7, 11) is 0. The molecule has 1 atom stereocenters. The van der Waals surface area contributed by atoms with Gasteiger partial charge >= 0.3 is 0 Å². The van der Waals surface area contributed by atoms with E-state index in [2.05, 4.69) is 31.9 Å². The van der Waals surface area contributed by atoms with Crippen LogP contribution in [0.25, 0.3) is 0 Å². The van der Waals surface area contributed by atoms with E-state index in [0.29, 0.717) is 16.6 Å². The predicted molar refractivity (Wildman–Crippen MR) is 41.8 cm³/mol. The molecule has 0 aliphatic heterocycles. The number of ketones is 1. The van der Waals surface area contributed by atoms with E-state index >= 15 is 0 Å². The molecular weight excluding hydrogens is 236 g/mol. The van der Waals surface area contributed by atoms with Crippen molar-refractivity contribution in [3.05, 3.63) is 0 Å². The van der Waals surface area contributed by atoms with Crippen molar-refractivity contribution in [1.29, 1.82) is 0 Å². The Hall–Kier alpha value is 0.630. The standard InChI is InChI=1S/C5H8Br2O/c1-4(7)2-5(8)3-6/h4H,2-3H2,1H3. The zero-order valence-electron chi connectivity index (χ0n) is 4.66. The van der Waals surface area contributed by atoms with E-state index in [1.54, 1.807) is 0 Å². The summed E-state index contributed by atoms with van der Waals surface area (Å²) >= 11 is 6.35. The first-order valence-corrected chi connectivity index (χ1v) is 4.42. The molecule has 0 rings (SSSR count). The van der Waals surface area contributed by atoms with Gasteiger partial charge < -0.3 is 0 Å². The van der Waals surface area contributed by atoms with Crippen molar-refractivity contribution in [2.24, 2.45) is 0 Å². The highest BCUT2D eigenvalue weighted by Crippen LogP contribution is 2.04. The maximum atomic E-state index is 10.5. The Morgan fingerprint density at radius 1 is 1.75 bits per heavy atom. The normalized spacial score (nSPS) is 13.4. The summed E-state index contributed by atoms with van der Waals surface area (Å²) in [6.45, 7) is 1.96. The Kier molecular flexibility index (Phi) is 4.86. The number of Topliss-reactive ketones (excluding diaryl/α,β-unsaturated/α-hetero) is 1. The molecule has 0 aromatic heterocycles. The summed E-state index contributed by atoms with van der Waals surface area (Å²) in [6, 6.07) is 0. The third kappa shape index (κ3) is 4.78. The molecule has 0 aromatic rings. The summed E-state index contributed by atoms with van der Waals surface area (Å²) in [5.74, 6) is 0.245. The van der Waals surface area contributed by atoms with Gasteiger partial charge in [0, 0.05) is 11.2 Å². The van der Waals surface area contributed by atoms with E-state index in [1.807, 2.05) is 6.92 Å². The van der Waals surface area contributed by atoms with Crippen molar-refractivity contribution in [2.45, 2.75) is 18.2 Å². The lowest BCUT2D eigenvalue weighted by molar-refractivity contribution is -0.116. The van der Waals surface area contributed by atoms with Crippen molar-refractivity contribution in [1.82, 2.24) is 0 Å². The molecule has 0 bridgehead atoms. The van der Waals surface area contributed by atoms with Gasteiger partial charge in [-0.05, 0) is 0 Å². The molecular formula is C5H8Br2O. The molecule has 0 amide bonds. The van der Waals surface area contributed by atoms with Gasteiger partial charge in [-0.15, -0.1) is 0 Å². The number of hydrogen-bond donors (Lipinski definition) is 0. The molecule has 3 heteroatoms. The minimum absolute atomic E-state index is 0.245. The fraction of sp³-hybridized carbons (Fsp3) is 0.800. The van der Waals surface area contributed by atoms with E-state index in [-0.39, 0.29) is 5.78 Å². The summed E-state index contributed by atoms with van der Waals surface area (Å²) in [5.41, 5.74) is 0. The van der Waals surface area contributed by atoms with Gasteiger partial charge in [-0.3, -0.25) is 4.79 Å². The highest BCUT2D eigenvalue weighted by atomic mass is 79.9. The van der Waals surface area contributed by atoms with Crippen molar-refractivity contribution < 1.29 is 4.79 Å². The van der Waals surface area contributed by atoms with Crippen molar-refractivity contribution in [3.63, 3.8) is 0 Å². The van der Waals surface area contributed by atoms with Crippen LogP contribution in [-0.2, 0) is 4.79 Å². The van der Waals surface area contributed by atoms with Crippen LogP contribution in [0.2, 0.25) is 0 Å². The van der Waals surface area contributed by atoms with Crippen molar-refractivity contribution in [3.8, 4) is 0 Å². The predicted octanol–water partition coefficient (Wildman–Crippen LogP) is 2.12. The SMILES string of the molecule is CC(Br)CC(=O)CBr. The molecule has 0 fully saturated rings. The molecule has 0 spiro atoms. The molecule has 1 nitrogen and oxygen atoms in total. The minimum Gasteiger partial charge on any atom is -0.299 e. The number of rotatable bonds is 3. The van der Waals surface area contributed by atoms with Gasteiger partial charge in [0.05, 0.1) is 5.33 Å². The van der Waals surface area contributed by atoms with Gasteiger partial charge in [0.1, 0.15) is 5.78 Å². The van der Waals surface area contributed by atoms with Crippen LogP contribution >= 0.6 is 31.9 Å². The lowest BCUT2D eigenvalue weighted by atomic mass is 10.3. The second-order valence-electron chi connectivity index (χ2n) is 1.66. The maximum absolute atomic E-state index is 10.5. The second-order valence-corrected chi connectivity index (χ2v) is 3.78. The Bertz CT molecular complexity index is 80.5. The first-order valence-electron chi connectivity index (χ1n) is 2.38. The molecule has 0 saturated carbocycles. The van der Waals surface area contributed by atoms with Crippen LogP contribution in [0.15, 0.2) is 0 Å². The van der Waals surface area contributed by atoms with E-state index in [9.17, 15) is 4.79 Å². The van der Waals surface area contributed by atoms with Gasteiger partial charge in [0.2, 0.25) is 0 Å². The minimum atomic E-state index is 0.245. The fourth-order valence-electron chi connectivity index (χ4n) is 0.368. The molecule has 0 aliphatic rings. The van der Waals surface area contributed by atoms with Gasteiger partial charge in [0.25, 0.3) is 0 Å². The van der Waals surface area contributed by atoms with E-state index < -0.39 is 0 Å². The number of hydrogen-bond acceptors (Lipinski definition) is 1. The van der Waals surface area contributed by atoms with E-state index in [4.69, 9.17) is 0 Å². The molecule has 0 radical (unpaired) electrons. The average Bonchev–Trinajstić information content (AvgIpc) is 1.65. The van der Waals surface area contributed by atoms with Crippen LogP contribution in [0.1, 0.15) is 13.3 Å². The van der Waals surface area contributed by atoms with Crippen LogP contribution in [0.4, 0.5) is 0 Å². The highest BCUT2D eigenvalue weighted by molar-refractivity contribution is 9.09. The lowest BCUT2D eigenvalue weighted by Crippen LogP contribution is -2.04.